The number of hydrogen-bond donors (Lipinski definition) is 1. The largest absolute Gasteiger partial charge is 0.308 e. The highest BCUT2D eigenvalue weighted by Crippen LogP contribution is 2.43. The van der Waals surface area contributed by atoms with Crippen LogP contribution in [0.25, 0.3) is 0 Å². The highest BCUT2D eigenvalue weighted by molar-refractivity contribution is 9.10. The first kappa shape index (κ1) is 15.5. The molecule has 1 saturated heterocycles. The van der Waals surface area contributed by atoms with Crippen LogP contribution < -0.4 is 5.32 Å². The van der Waals surface area contributed by atoms with E-state index in [9.17, 15) is 0 Å². The molecular weight excluding hydrogens is 324 g/mol. The molecule has 1 heterocycles. The molecule has 3 rings (SSSR count). The van der Waals surface area contributed by atoms with Crippen molar-refractivity contribution in [1.29, 1.82) is 0 Å². The summed E-state index contributed by atoms with van der Waals surface area (Å²) in [6, 6.07) is 8.64. The zero-order valence-corrected chi connectivity index (χ0v) is 15.0. The lowest BCUT2D eigenvalue weighted by atomic mass is 9.84. The molecular formula is C18H27BrN2. The first-order valence-corrected chi connectivity index (χ1v) is 9.00. The zero-order valence-electron chi connectivity index (χ0n) is 13.5. The molecule has 2 atom stereocenters. The lowest BCUT2D eigenvalue weighted by Gasteiger charge is -2.52. The van der Waals surface area contributed by atoms with E-state index in [1.54, 1.807) is 0 Å². The molecule has 0 amide bonds. The van der Waals surface area contributed by atoms with E-state index in [0.717, 1.165) is 25.6 Å². The van der Waals surface area contributed by atoms with Gasteiger partial charge in [0.15, 0.2) is 0 Å². The average Bonchev–Trinajstić information content (AvgIpc) is 3.31. The average molecular weight is 351 g/mol. The minimum absolute atomic E-state index is 0.254. The highest BCUT2D eigenvalue weighted by Gasteiger charge is 2.48. The van der Waals surface area contributed by atoms with Gasteiger partial charge in [-0.3, -0.25) is 4.90 Å². The summed E-state index contributed by atoms with van der Waals surface area (Å²) in [5.41, 5.74) is 1.96. The van der Waals surface area contributed by atoms with Gasteiger partial charge in [-0.05, 0) is 50.7 Å². The van der Waals surface area contributed by atoms with Gasteiger partial charge in [-0.1, -0.05) is 41.1 Å². The van der Waals surface area contributed by atoms with Gasteiger partial charge in [-0.15, -0.1) is 0 Å². The van der Waals surface area contributed by atoms with E-state index in [2.05, 4.69) is 71.2 Å². The summed E-state index contributed by atoms with van der Waals surface area (Å²) in [6.07, 6.45) is 3.98. The topological polar surface area (TPSA) is 15.3 Å². The Labute approximate surface area is 137 Å². The second-order valence-electron chi connectivity index (χ2n) is 7.34. The molecule has 0 bridgehead atoms. The summed E-state index contributed by atoms with van der Waals surface area (Å²) >= 11 is 3.71. The normalized spacial score (nSPS) is 34.1. The predicted octanol–water partition coefficient (Wildman–Crippen LogP) is 4.19. The maximum Gasteiger partial charge on any atom is 0.0309 e. The SMILES string of the molecule is CCC1(C)CNC(C)(C2CC2)CN1Cc1ccccc1Br. The van der Waals surface area contributed by atoms with Crippen molar-refractivity contribution >= 4 is 15.9 Å². The third kappa shape index (κ3) is 3.06. The lowest BCUT2D eigenvalue weighted by Crippen LogP contribution is -2.68. The summed E-state index contributed by atoms with van der Waals surface area (Å²) < 4.78 is 1.23. The molecule has 3 heteroatoms. The van der Waals surface area contributed by atoms with Gasteiger partial charge in [-0.25, -0.2) is 0 Å². The van der Waals surface area contributed by atoms with Crippen LogP contribution in [0.4, 0.5) is 0 Å². The van der Waals surface area contributed by atoms with Gasteiger partial charge in [0, 0.05) is 35.2 Å². The Bertz CT molecular complexity index is 514. The number of piperazine rings is 1. The van der Waals surface area contributed by atoms with Gasteiger partial charge >= 0.3 is 0 Å². The van der Waals surface area contributed by atoms with Gasteiger partial charge in [0.25, 0.3) is 0 Å². The molecule has 21 heavy (non-hydrogen) atoms. The molecule has 0 spiro atoms. The van der Waals surface area contributed by atoms with Crippen molar-refractivity contribution in [3.63, 3.8) is 0 Å². The van der Waals surface area contributed by atoms with Crippen LogP contribution >= 0.6 is 15.9 Å². The summed E-state index contributed by atoms with van der Waals surface area (Å²) in [5, 5.41) is 3.88. The van der Waals surface area contributed by atoms with Crippen LogP contribution in [0.2, 0.25) is 0 Å². The van der Waals surface area contributed by atoms with Crippen LogP contribution in [0.15, 0.2) is 28.7 Å². The third-order valence-corrected chi connectivity index (χ3v) is 6.49. The highest BCUT2D eigenvalue weighted by atomic mass is 79.9. The first-order chi connectivity index (χ1) is 9.97. The molecule has 2 aliphatic rings. The maximum absolute atomic E-state index is 3.88. The molecule has 1 N–H and O–H groups in total. The standard InChI is InChI=1S/C18H27BrN2/c1-4-17(2)12-20-18(3,15-9-10-15)13-21(17)11-14-7-5-6-8-16(14)19/h5-8,15,20H,4,9-13H2,1-3H3. The van der Waals surface area contributed by atoms with Crippen LogP contribution in [0.5, 0.6) is 0 Å². The van der Waals surface area contributed by atoms with Crippen molar-refractivity contribution < 1.29 is 0 Å². The van der Waals surface area contributed by atoms with Crippen molar-refractivity contribution in [2.45, 2.75) is 57.7 Å². The van der Waals surface area contributed by atoms with Gasteiger partial charge in [0.05, 0.1) is 0 Å². The number of benzene rings is 1. The smallest absolute Gasteiger partial charge is 0.0309 e. The summed E-state index contributed by atoms with van der Waals surface area (Å²) in [7, 11) is 0. The Morgan fingerprint density at radius 2 is 2.00 bits per heavy atom. The molecule has 1 aliphatic carbocycles. The molecule has 1 aromatic carbocycles. The van der Waals surface area contributed by atoms with E-state index in [1.807, 2.05) is 0 Å². The maximum atomic E-state index is 3.88. The predicted molar refractivity (Wildman–Crippen MR) is 92.4 cm³/mol. The molecule has 116 valence electrons. The van der Waals surface area contributed by atoms with Crippen LogP contribution in [-0.2, 0) is 6.54 Å². The molecule has 1 aliphatic heterocycles. The quantitative estimate of drug-likeness (QED) is 0.875. The molecule has 0 aromatic heterocycles. The first-order valence-electron chi connectivity index (χ1n) is 8.20. The van der Waals surface area contributed by atoms with E-state index in [1.165, 1.54) is 29.3 Å². The second-order valence-corrected chi connectivity index (χ2v) is 8.20. The Kier molecular flexibility index (Phi) is 4.19. The van der Waals surface area contributed by atoms with E-state index in [4.69, 9.17) is 0 Å². The number of nitrogens with one attached hydrogen (secondary N) is 1. The molecule has 1 saturated carbocycles. The molecule has 1 aromatic rings. The summed E-state index contributed by atoms with van der Waals surface area (Å²) in [5.74, 6) is 0.876. The Balaban J connectivity index is 1.82. The van der Waals surface area contributed by atoms with Crippen molar-refractivity contribution in [2.24, 2.45) is 5.92 Å². The van der Waals surface area contributed by atoms with Gasteiger partial charge in [0.1, 0.15) is 0 Å². The van der Waals surface area contributed by atoms with Gasteiger partial charge in [0.2, 0.25) is 0 Å². The van der Waals surface area contributed by atoms with Crippen molar-refractivity contribution in [2.75, 3.05) is 13.1 Å². The van der Waals surface area contributed by atoms with Crippen LogP contribution in [0, 0.1) is 5.92 Å². The monoisotopic (exact) mass is 350 g/mol. The molecule has 2 unspecified atom stereocenters. The van der Waals surface area contributed by atoms with Crippen molar-refractivity contribution in [3.8, 4) is 0 Å². The van der Waals surface area contributed by atoms with E-state index in [0.29, 0.717) is 5.54 Å². The molecule has 2 fully saturated rings. The fourth-order valence-corrected chi connectivity index (χ4v) is 3.98. The fraction of sp³-hybridized carbons (Fsp3) is 0.667. The van der Waals surface area contributed by atoms with Crippen LogP contribution in [-0.4, -0.2) is 29.1 Å². The second kappa shape index (κ2) is 5.68. The van der Waals surface area contributed by atoms with E-state index < -0.39 is 0 Å². The Morgan fingerprint density at radius 3 is 2.62 bits per heavy atom. The molecule has 2 nitrogen and oxygen atoms in total. The van der Waals surface area contributed by atoms with Crippen molar-refractivity contribution in [1.82, 2.24) is 10.2 Å². The summed E-state index contributed by atoms with van der Waals surface area (Å²) in [4.78, 5) is 2.71. The fourth-order valence-electron chi connectivity index (χ4n) is 3.57. The Morgan fingerprint density at radius 1 is 1.29 bits per heavy atom. The number of nitrogens with zero attached hydrogens (tertiary/aromatic N) is 1. The number of halogens is 1. The minimum Gasteiger partial charge on any atom is -0.308 e. The number of rotatable bonds is 4. The van der Waals surface area contributed by atoms with Crippen molar-refractivity contribution in [3.05, 3.63) is 34.3 Å². The van der Waals surface area contributed by atoms with Crippen LogP contribution in [0.1, 0.15) is 45.6 Å². The molecule has 0 radical (unpaired) electrons. The van der Waals surface area contributed by atoms with Crippen LogP contribution in [0.3, 0.4) is 0 Å². The zero-order chi connectivity index (χ0) is 15.1. The van der Waals surface area contributed by atoms with E-state index in [-0.39, 0.29) is 5.54 Å². The van der Waals surface area contributed by atoms with Gasteiger partial charge in [-0.2, -0.15) is 0 Å². The Hall–Kier alpha value is -0.380. The van der Waals surface area contributed by atoms with Gasteiger partial charge < -0.3 is 5.32 Å². The number of hydrogen-bond acceptors (Lipinski definition) is 2. The lowest BCUT2D eigenvalue weighted by molar-refractivity contribution is 0.00411. The van der Waals surface area contributed by atoms with E-state index >= 15 is 0 Å². The third-order valence-electron chi connectivity index (χ3n) is 5.71. The summed E-state index contributed by atoms with van der Waals surface area (Å²) in [6.45, 7) is 10.4. The minimum atomic E-state index is 0.254.